The second-order valence-corrected chi connectivity index (χ2v) is 12.0. The van der Waals surface area contributed by atoms with Gasteiger partial charge in [0.15, 0.2) is 0 Å². The van der Waals surface area contributed by atoms with Crippen molar-refractivity contribution in [1.29, 1.82) is 0 Å². The Morgan fingerprint density at radius 2 is 0.394 bits per heavy atom. The van der Waals surface area contributed by atoms with Crippen molar-refractivity contribution in [2.24, 2.45) is 0 Å². The van der Waals surface area contributed by atoms with Crippen LogP contribution in [0.25, 0.3) is 0 Å². The van der Waals surface area contributed by atoms with Crippen LogP contribution in [-0.4, -0.2) is 4.43 Å². The molecule has 0 saturated carbocycles. The zero-order valence-electron chi connectivity index (χ0n) is 23.3. The molecular formula is C32H65I. The molecule has 0 amide bonds. The Morgan fingerprint density at radius 3 is 0.545 bits per heavy atom. The summed E-state index contributed by atoms with van der Waals surface area (Å²) in [5, 5.41) is 0. The minimum absolute atomic E-state index is 1.34. The Balaban J connectivity index is 2.99. The fourth-order valence-electron chi connectivity index (χ4n) is 5.12. The molecule has 0 N–H and O–H groups in total. The number of hydrogen-bond donors (Lipinski definition) is 0. The third-order valence-corrected chi connectivity index (χ3v) is 8.25. The smallest absolute Gasteiger partial charge is 0.000473 e. The average molecular weight is 577 g/mol. The highest BCUT2D eigenvalue weighted by Crippen LogP contribution is 2.16. The third-order valence-electron chi connectivity index (χ3n) is 7.49. The second-order valence-electron chi connectivity index (χ2n) is 10.9. The summed E-state index contributed by atoms with van der Waals surface area (Å²) in [6.07, 6.45) is 44.5. The summed E-state index contributed by atoms with van der Waals surface area (Å²) in [5.74, 6) is 0. The summed E-state index contributed by atoms with van der Waals surface area (Å²) in [4.78, 5) is 0. The van der Waals surface area contributed by atoms with Crippen molar-refractivity contribution < 1.29 is 0 Å². The van der Waals surface area contributed by atoms with Crippen molar-refractivity contribution in [3.05, 3.63) is 0 Å². The summed E-state index contributed by atoms with van der Waals surface area (Å²) in [6.45, 7) is 2.31. The van der Waals surface area contributed by atoms with Gasteiger partial charge < -0.3 is 0 Å². The largest absolute Gasteiger partial charge is 0.0864 e. The molecule has 1 heteroatoms. The van der Waals surface area contributed by atoms with Crippen molar-refractivity contribution in [1.82, 2.24) is 0 Å². The first kappa shape index (κ1) is 33.7. The maximum absolute atomic E-state index is 2.50. The molecule has 0 rings (SSSR count). The van der Waals surface area contributed by atoms with Crippen LogP contribution in [0.1, 0.15) is 200 Å². The Hall–Kier alpha value is 0.730. The van der Waals surface area contributed by atoms with Crippen LogP contribution in [0.4, 0.5) is 0 Å². The summed E-state index contributed by atoms with van der Waals surface area (Å²) in [6, 6.07) is 0. The van der Waals surface area contributed by atoms with Crippen LogP contribution in [0.2, 0.25) is 0 Å². The van der Waals surface area contributed by atoms with Gasteiger partial charge in [0.25, 0.3) is 0 Å². The van der Waals surface area contributed by atoms with Gasteiger partial charge in [-0.15, -0.1) is 0 Å². The molecule has 0 aromatic heterocycles. The van der Waals surface area contributed by atoms with E-state index in [1.165, 1.54) is 197 Å². The minimum atomic E-state index is 1.34. The zero-order valence-corrected chi connectivity index (χ0v) is 25.5. The molecule has 0 fully saturated rings. The molecule has 0 aliphatic carbocycles. The van der Waals surface area contributed by atoms with E-state index in [4.69, 9.17) is 0 Å². The predicted octanol–water partition coefficient (Wildman–Crippen LogP) is 13.1. The van der Waals surface area contributed by atoms with Gasteiger partial charge in [-0.25, -0.2) is 0 Å². The van der Waals surface area contributed by atoms with Crippen LogP contribution in [0, 0.1) is 0 Å². The van der Waals surface area contributed by atoms with Gasteiger partial charge in [0.2, 0.25) is 0 Å². The summed E-state index contributed by atoms with van der Waals surface area (Å²) >= 11 is 2.50. The fraction of sp³-hybridized carbons (Fsp3) is 1.00. The van der Waals surface area contributed by atoms with Gasteiger partial charge in [0, 0.05) is 0 Å². The first-order chi connectivity index (χ1) is 16.4. The lowest BCUT2D eigenvalue weighted by molar-refractivity contribution is 0.513. The zero-order chi connectivity index (χ0) is 23.9. The van der Waals surface area contributed by atoms with Crippen molar-refractivity contribution in [3.63, 3.8) is 0 Å². The van der Waals surface area contributed by atoms with Crippen LogP contribution in [0.5, 0.6) is 0 Å². The second kappa shape index (κ2) is 32.7. The lowest BCUT2D eigenvalue weighted by atomic mass is 10.0. The van der Waals surface area contributed by atoms with Gasteiger partial charge >= 0.3 is 0 Å². The molecule has 33 heavy (non-hydrogen) atoms. The highest BCUT2D eigenvalue weighted by molar-refractivity contribution is 14.1. The van der Waals surface area contributed by atoms with Gasteiger partial charge in [-0.2, -0.15) is 0 Å². The van der Waals surface area contributed by atoms with Gasteiger partial charge in [0.1, 0.15) is 0 Å². The maximum Gasteiger partial charge on any atom is -0.000473 e. The van der Waals surface area contributed by atoms with E-state index < -0.39 is 0 Å². The topological polar surface area (TPSA) is 0 Å². The van der Waals surface area contributed by atoms with Gasteiger partial charge in [0.05, 0.1) is 0 Å². The van der Waals surface area contributed by atoms with E-state index >= 15 is 0 Å². The first-order valence-corrected chi connectivity index (χ1v) is 17.5. The molecule has 0 saturated heterocycles. The molecule has 0 atom stereocenters. The molecule has 0 aliphatic heterocycles. The van der Waals surface area contributed by atoms with Crippen LogP contribution >= 0.6 is 22.6 Å². The number of rotatable bonds is 30. The van der Waals surface area contributed by atoms with Gasteiger partial charge in [-0.05, 0) is 10.8 Å². The standard InChI is InChI=1S/C32H65I/c1-2-3-4-5-6-7-8-9-10-11-12-13-14-15-16-17-18-19-20-21-22-23-24-25-26-27-28-29-30-31-32-33/h2-32H2,1H3. The van der Waals surface area contributed by atoms with E-state index in [2.05, 4.69) is 29.5 Å². The summed E-state index contributed by atoms with van der Waals surface area (Å²) < 4.78 is 1.34. The van der Waals surface area contributed by atoms with Crippen molar-refractivity contribution in [3.8, 4) is 0 Å². The van der Waals surface area contributed by atoms with Crippen molar-refractivity contribution in [2.75, 3.05) is 4.43 Å². The molecule has 0 nitrogen and oxygen atoms in total. The lowest BCUT2D eigenvalue weighted by Crippen LogP contribution is -1.85. The van der Waals surface area contributed by atoms with Crippen molar-refractivity contribution in [2.45, 2.75) is 200 Å². The van der Waals surface area contributed by atoms with Crippen LogP contribution < -0.4 is 0 Å². The maximum atomic E-state index is 2.50. The van der Waals surface area contributed by atoms with Gasteiger partial charge in [-0.3, -0.25) is 0 Å². The van der Waals surface area contributed by atoms with E-state index in [9.17, 15) is 0 Å². The molecule has 0 bridgehead atoms. The minimum Gasteiger partial charge on any atom is -0.0864 e. The first-order valence-electron chi connectivity index (χ1n) is 16.0. The van der Waals surface area contributed by atoms with E-state index in [1.807, 2.05) is 0 Å². The molecule has 0 unspecified atom stereocenters. The molecule has 0 radical (unpaired) electrons. The van der Waals surface area contributed by atoms with Gasteiger partial charge in [-0.1, -0.05) is 216 Å². The number of hydrogen-bond acceptors (Lipinski definition) is 0. The Labute approximate surface area is 225 Å². The van der Waals surface area contributed by atoms with Crippen LogP contribution in [0.15, 0.2) is 0 Å². The molecule has 0 aromatic carbocycles. The number of alkyl halides is 1. The Morgan fingerprint density at radius 1 is 0.242 bits per heavy atom. The summed E-state index contributed by atoms with van der Waals surface area (Å²) in [7, 11) is 0. The highest BCUT2D eigenvalue weighted by atomic mass is 127. The van der Waals surface area contributed by atoms with E-state index in [0.29, 0.717) is 0 Å². The molecular weight excluding hydrogens is 511 g/mol. The summed E-state index contributed by atoms with van der Waals surface area (Å²) in [5.41, 5.74) is 0. The van der Waals surface area contributed by atoms with E-state index in [0.717, 1.165) is 0 Å². The quantitative estimate of drug-likeness (QED) is 0.0453. The molecule has 0 heterocycles. The van der Waals surface area contributed by atoms with E-state index in [1.54, 1.807) is 0 Å². The third kappa shape index (κ3) is 32.7. The lowest BCUT2D eigenvalue weighted by Gasteiger charge is -2.04. The molecule has 0 spiro atoms. The van der Waals surface area contributed by atoms with Crippen LogP contribution in [-0.2, 0) is 0 Å². The molecule has 0 aromatic rings. The average Bonchev–Trinajstić information content (AvgIpc) is 2.83. The fourth-order valence-corrected chi connectivity index (χ4v) is 5.66. The molecule has 0 aliphatic rings. The Bertz CT molecular complexity index is 284. The normalized spacial score (nSPS) is 11.5. The van der Waals surface area contributed by atoms with Crippen molar-refractivity contribution >= 4 is 22.6 Å². The predicted molar refractivity (Wildman–Crippen MR) is 163 cm³/mol. The SMILES string of the molecule is CCCCCCCCCCCCCCCCCCCCCCCCCCCCCCCCI. The Kier molecular flexibility index (Phi) is 33.5. The number of unbranched alkanes of at least 4 members (excludes halogenated alkanes) is 29. The van der Waals surface area contributed by atoms with Crippen LogP contribution in [0.3, 0.4) is 0 Å². The highest BCUT2D eigenvalue weighted by Gasteiger charge is 1.96. The molecule has 200 valence electrons. The number of halogens is 1. The van der Waals surface area contributed by atoms with E-state index in [-0.39, 0.29) is 0 Å². The monoisotopic (exact) mass is 576 g/mol.